The Bertz CT molecular complexity index is 2930. The number of anilines is 3. The molecule has 14 rings (SSSR count). The first-order chi connectivity index (χ1) is 28.0. The summed E-state index contributed by atoms with van der Waals surface area (Å²) in [4.78, 5) is 2.58. The van der Waals surface area contributed by atoms with E-state index < -0.39 is 0 Å². The Morgan fingerprint density at radius 2 is 1.11 bits per heavy atom. The third-order valence-electron chi connectivity index (χ3n) is 15.5. The minimum absolute atomic E-state index is 0.0942. The van der Waals surface area contributed by atoms with Crippen LogP contribution in [0.25, 0.3) is 55.3 Å². The molecule has 0 saturated heterocycles. The van der Waals surface area contributed by atoms with E-state index in [1.165, 1.54) is 93.7 Å². The number of rotatable bonds is 4. The molecule has 0 amide bonds. The second kappa shape index (κ2) is 11.4. The monoisotopic (exact) mass is 735 g/mol. The molecule has 0 radical (unpaired) electrons. The van der Waals surface area contributed by atoms with Gasteiger partial charge in [0.15, 0.2) is 0 Å². The maximum Gasteiger partial charge on any atom is 0.135 e. The molecule has 2 heteroatoms. The van der Waals surface area contributed by atoms with Crippen LogP contribution in [-0.4, -0.2) is 0 Å². The van der Waals surface area contributed by atoms with E-state index in [2.05, 4.69) is 164 Å². The number of para-hydroxylation sites is 1. The zero-order valence-corrected chi connectivity index (χ0v) is 32.6. The first kappa shape index (κ1) is 32.2. The number of hydrogen-bond acceptors (Lipinski definition) is 2. The van der Waals surface area contributed by atoms with Gasteiger partial charge in [0.1, 0.15) is 11.2 Å². The van der Waals surface area contributed by atoms with Crippen molar-refractivity contribution in [1.82, 2.24) is 0 Å². The van der Waals surface area contributed by atoms with Crippen LogP contribution in [0, 0.1) is 23.7 Å². The van der Waals surface area contributed by atoms with Crippen LogP contribution in [-0.2, 0) is 10.8 Å². The molecule has 4 saturated carbocycles. The summed E-state index contributed by atoms with van der Waals surface area (Å²) in [5, 5.41) is 2.32. The lowest BCUT2D eigenvalue weighted by Gasteiger charge is -2.61. The maximum absolute atomic E-state index is 6.19. The minimum Gasteiger partial charge on any atom is -0.456 e. The molecule has 57 heavy (non-hydrogen) atoms. The number of furan rings is 1. The molecule has 6 aliphatic carbocycles. The van der Waals surface area contributed by atoms with E-state index in [1.54, 1.807) is 11.1 Å². The van der Waals surface area contributed by atoms with E-state index in [1.807, 2.05) is 6.07 Å². The highest BCUT2D eigenvalue weighted by Crippen LogP contribution is 2.70. The van der Waals surface area contributed by atoms with Crippen LogP contribution < -0.4 is 4.90 Å². The molecule has 4 fully saturated rings. The molecule has 1 spiro atoms. The molecule has 0 aliphatic heterocycles. The van der Waals surface area contributed by atoms with E-state index in [0.717, 1.165) is 45.6 Å². The van der Waals surface area contributed by atoms with Crippen LogP contribution in [0.1, 0.15) is 68.2 Å². The molecule has 6 aliphatic rings. The summed E-state index contributed by atoms with van der Waals surface area (Å²) >= 11 is 0. The lowest BCUT2D eigenvalue weighted by molar-refractivity contribution is -0.0399. The number of hydrogen-bond donors (Lipinski definition) is 0. The molecule has 276 valence electrons. The van der Waals surface area contributed by atoms with E-state index in [-0.39, 0.29) is 10.8 Å². The van der Waals surface area contributed by atoms with E-state index >= 15 is 0 Å². The Morgan fingerprint density at radius 1 is 0.474 bits per heavy atom. The third kappa shape index (κ3) is 4.26. The van der Waals surface area contributed by atoms with Crippen LogP contribution in [0.2, 0.25) is 0 Å². The van der Waals surface area contributed by atoms with Gasteiger partial charge < -0.3 is 9.32 Å². The molecule has 0 atom stereocenters. The molecule has 4 bridgehead atoms. The zero-order chi connectivity index (χ0) is 37.6. The standard InChI is InChI=1S/C55H45NO/c1-54(2)46-13-6-3-10-41(46)42-24-23-40(32-49(42)54)56(39-21-18-35(19-22-39)36-20-25-52-45(31-36)43-11-5-8-17-51(43)57-52)50-16-9-15-48-53(50)44-12-4-7-14-47(44)55(48)37-27-33-26-34(29-37)30-38(55)28-33/h3-25,31-34,37-38H,26-30H2,1-2H3. The molecule has 7 aromatic carbocycles. The largest absolute Gasteiger partial charge is 0.456 e. The summed E-state index contributed by atoms with van der Waals surface area (Å²) in [6, 6.07) is 57.4. The van der Waals surface area contributed by atoms with E-state index in [0.29, 0.717) is 0 Å². The van der Waals surface area contributed by atoms with Crippen LogP contribution in [0.15, 0.2) is 156 Å². The van der Waals surface area contributed by atoms with Crippen molar-refractivity contribution in [3.05, 3.63) is 174 Å². The fraction of sp³-hybridized carbons (Fsp3) is 0.236. The number of nitrogens with zero attached hydrogens (tertiary/aromatic N) is 1. The van der Waals surface area contributed by atoms with Crippen molar-refractivity contribution in [3.8, 4) is 33.4 Å². The van der Waals surface area contributed by atoms with Crippen molar-refractivity contribution in [1.29, 1.82) is 0 Å². The fourth-order valence-electron chi connectivity index (χ4n) is 13.3. The molecule has 1 heterocycles. The van der Waals surface area contributed by atoms with E-state index in [9.17, 15) is 0 Å². The summed E-state index contributed by atoms with van der Waals surface area (Å²) in [7, 11) is 0. The number of fused-ring (bicyclic) bond motifs is 9. The van der Waals surface area contributed by atoms with Crippen molar-refractivity contribution in [2.24, 2.45) is 23.7 Å². The topological polar surface area (TPSA) is 16.4 Å². The average Bonchev–Trinajstić information content (AvgIpc) is 3.84. The van der Waals surface area contributed by atoms with Gasteiger partial charge in [0, 0.05) is 38.5 Å². The predicted molar refractivity (Wildman–Crippen MR) is 235 cm³/mol. The van der Waals surface area contributed by atoms with Crippen molar-refractivity contribution >= 4 is 39.0 Å². The summed E-state index contributed by atoms with van der Waals surface area (Å²) in [6.07, 6.45) is 7.01. The highest BCUT2D eigenvalue weighted by molar-refractivity contribution is 6.06. The van der Waals surface area contributed by atoms with Crippen LogP contribution in [0.3, 0.4) is 0 Å². The normalized spacial score (nSPS) is 24.2. The van der Waals surface area contributed by atoms with Crippen LogP contribution in [0.5, 0.6) is 0 Å². The van der Waals surface area contributed by atoms with Crippen molar-refractivity contribution in [3.63, 3.8) is 0 Å². The Kier molecular flexibility index (Phi) is 6.44. The van der Waals surface area contributed by atoms with Crippen LogP contribution >= 0.6 is 0 Å². The summed E-state index contributed by atoms with van der Waals surface area (Å²) in [6.45, 7) is 4.79. The maximum atomic E-state index is 6.19. The molecule has 2 nitrogen and oxygen atoms in total. The summed E-state index contributed by atoms with van der Waals surface area (Å²) in [5.41, 5.74) is 19.6. The Balaban J connectivity index is 1.01. The van der Waals surface area contributed by atoms with Crippen molar-refractivity contribution < 1.29 is 4.42 Å². The van der Waals surface area contributed by atoms with Crippen molar-refractivity contribution in [2.75, 3.05) is 4.90 Å². The quantitative estimate of drug-likeness (QED) is 0.179. The van der Waals surface area contributed by atoms with E-state index in [4.69, 9.17) is 4.42 Å². The first-order valence-electron chi connectivity index (χ1n) is 21.3. The molecular weight excluding hydrogens is 691 g/mol. The zero-order valence-electron chi connectivity index (χ0n) is 32.6. The Labute approximate surface area is 334 Å². The van der Waals surface area contributed by atoms with Gasteiger partial charge in [-0.1, -0.05) is 117 Å². The highest BCUT2D eigenvalue weighted by Gasteiger charge is 2.62. The van der Waals surface area contributed by atoms with Gasteiger partial charge in [-0.2, -0.15) is 0 Å². The van der Waals surface area contributed by atoms with Gasteiger partial charge >= 0.3 is 0 Å². The molecule has 1 aromatic heterocycles. The molecular formula is C55H45NO. The fourth-order valence-corrected chi connectivity index (χ4v) is 13.3. The van der Waals surface area contributed by atoms with Gasteiger partial charge in [-0.25, -0.2) is 0 Å². The second-order valence-electron chi connectivity index (χ2n) is 18.5. The summed E-state index contributed by atoms with van der Waals surface area (Å²) in [5.74, 6) is 3.28. The Hall–Kier alpha value is -5.86. The Morgan fingerprint density at radius 3 is 1.91 bits per heavy atom. The highest BCUT2D eigenvalue weighted by atomic mass is 16.3. The van der Waals surface area contributed by atoms with Crippen LogP contribution in [0.4, 0.5) is 17.1 Å². The molecule has 0 N–H and O–H groups in total. The van der Waals surface area contributed by atoms with Gasteiger partial charge in [0.25, 0.3) is 0 Å². The predicted octanol–water partition coefficient (Wildman–Crippen LogP) is 14.8. The van der Waals surface area contributed by atoms with Gasteiger partial charge in [0.2, 0.25) is 0 Å². The lowest BCUT2D eigenvalue weighted by atomic mass is 9.43. The smallest absolute Gasteiger partial charge is 0.135 e. The first-order valence-corrected chi connectivity index (χ1v) is 21.3. The summed E-state index contributed by atoms with van der Waals surface area (Å²) < 4.78 is 6.19. The van der Waals surface area contributed by atoms with Gasteiger partial charge in [0.05, 0.1) is 5.69 Å². The lowest BCUT2D eigenvalue weighted by Crippen LogP contribution is -2.55. The average molecular weight is 736 g/mol. The van der Waals surface area contributed by atoms with Gasteiger partial charge in [-0.15, -0.1) is 0 Å². The molecule has 8 aromatic rings. The second-order valence-corrected chi connectivity index (χ2v) is 18.5. The SMILES string of the molecule is CC1(C)c2ccccc2-c2ccc(N(c3ccc(-c4ccc5oc6ccccc6c5c4)cc3)c3cccc4c3-c3ccccc3C43C4CC5CC(C4)CC3C5)cc21. The van der Waals surface area contributed by atoms with Gasteiger partial charge in [-0.05, 0) is 154 Å². The number of benzene rings is 7. The third-order valence-corrected chi connectivity index (χ3v) is 15.5. The van der Waals surface area contributed by atoms with Crippen molar-refractivity contribution in [2.45, 2.75) is 56.8 Å². The van der Waals surface area contributed by atoms with Gasteiger partial charge in [-0.3, -0.25) is 0 Å². The minimum atomic E-state index is -0.0942. The molecule has 0 unspecified atom stereocenters.